The van der Waals surface area contributed by atoms with Crippen LogP contribution in [0.4, 0.5) is 0 Å². The lowest BCUT2D eigenvalue weighted by molar-refractivity contribution is -0.115. The van der Waals surface area contributed by atoms with E-state index in [1.807, 2.05) is 48.5 Å². The van der Waals surface area contributed by atoms with Gasteiger partial charge in [0.25, 0.3) is 0 Å². The fourth-order valence-corrected chi connectivity index (χ4v) is 4.52. The van der Waals surface area contributed by atoms with Gasteiger partial charge in [0.1, 0.15) is 0 Å². The lowest BCUT2D eigenvalue weighted by atomic mass is 9.68. The van der Waals surface area contributed by atoms with Gasteiger partial charge in [-0.25, -0.2) is 0 Å². The van der Waals surface area contributed by atoms with Gasteiger partial charge < -0.3 is 0 Å². The first-order valence-corrected chi connectivity index (χ1v) is 10.1. The van der Waals surface area contributed by atoms with Crippen LogP contribution in [0.1, 0.15) is 35.8 Å². The fraction of sp³-hybridized carbons (Fsp3) is 0.182. The zero-order valence-electron chi connectivity index (χ0n) is 13.9. The fourth-order valence-electron chi connectivity index (χ4n) is 3.99. The van der Waals surface area contributed by atoms with Gasteiger partial charge in [-0.2, -0.15) is 0 Å². The van der Waals surface area contributed by atoms with Gasteiger partial charge in [0.15, 0.2) is 11.6 Å². The lowest BCUT2D eigenvalue weighted by Gasteiger charge is -2.34. The Morgan fingerprint density at radius 1 is 0.615 bits per heavy atom. The summed E-state index contributed by atoms with van der Waals surface area (Å²) >= 11 is 6.92. The third-order valence-corrected chi connectivity index (χ3v) is 6.25. The van der Waals surface area contributed by atoms with Crippen LogP contribution in [-0.2, 0) is 9.59 Å². The Morgan fingerprint density at radius 3 is 1.31 bits per heavy atom. The van der Waals surface area contributed by atoms with Crippen molar-refractivity contribution in [3.63, 3.8) is 0 Å². The van der Waals surface area contributed by atoms with Crippen LogP contribution in [-0.4, -0.2) is 11.6 Å². The van der Waals surface area contributed by atoms with E-state index in [0.717, 1.165) is 32.9 Å². The zero-order valence-corrected chi connectivity index (χ0v) is 17.1. The van der Waals surface area contributed by atoms with E-state index in [9.17, 15) is 9.59 Å². The van der Waals surface area contributed by atoms with E-state index in [1.165, 1.54) is 12.2 Å². The van der Waals surface area contributed by atoms with Crippen LogP contribution in [0.3, 0.4) is 0 Å². The zero-order chi connectivity index (χ0) is 18.3. The molecule has 0 bridgehead atoms. The first kappa shape index (κ1) is 17.6. The second-order valence-corrected chi connectivity index (χ2v) is 8.51. The van der Waals surface area contributed by atoms with Crippen LogP contribution in [0.15, 0.2) is 80.8 Å². The number of carbonyl (C=O) groups excluding carboxylic acids is 2. The van der Waals surface area contributed by atoms with Gasteiger partial charge in [-0.05, 0) is 60.4 Å². The van der Waals surface area contributed by atoms with Crippen molar-refractivity contribution in [1.82, 2.24) is 0 Å². The van der Waals surface area contributed by atoms with Crippen LogP contribution in [0.25, 0.3) is 0 Å². The lowest BCUT2D eigenvalue weighted by Crippen LogP contribution is -2.28. The van der Waals surface area contributed by atoms with Crippen molar-refractivity contribution < 1.29 is 9.59 Å². The monoisotopic (exact) mass is 470 g/mol. The van der Waals surface area contributed by atoms with Gasteiger partial charge in [-0.15, -0.1) is 0 Å². The molecule has 0 aromatic heterocycles. The van der Waals surface area contributed by atoms with E-state index in [4.69, 9.17) is 0 Å². The molecule has 0 unspecified atom stereocenters. The Kier molecular flexibility index (Phi) is 4.80. The third-order valence-electron chi connectivity index (χ3n) is 5.19. The quantitative estimate of drug-likeness (QED) is 0.512. The topological polar surface area (TPSA) is 34.1 Å². The van der Waals surface area contributed by atoms with Gasteiger partial charge in [0, 0.05) is 31.9 Å². The molecule has 2 aromatic carbocycles. The summed E-state index contributed by atoms with van der Waals surface area (Å²) in [5.74, 6) is -0.110. The number of rotatable bonds is 2. The van der Waals surface area contributed by atoms with Crippen LogP contribution < -0.4 is 0 Å². The second-order valence-electron chi connectivity index (χ2n) is 6.67. The number of hydrogen-bond acceptors (Lipinski definition) is 2. The average molecular weight is 472 g/mol. The van der Waals surface area contributed by atoms with Crippen LogP contribution >= 0.6 is 31.9 Å². The summed E-state index contributed by atoms with van der Waals surface area (Å²) in [5.41, 5.74) is 3.54. The predicted octanol–water partition coefficient (Wildman–Crippen LogP) is 5.88. The van der Waals surface area contributed by atoms with Gasteiger partial charge in [0.05, 0.1) is 0 Å². The van der Waals surface area contributed by atoms with Crippen molar-refractivity contribution in [2.24, 2.45) is 0 Å². The highest BCUT2D eigenvalue weighted by Gasteiger charge is 2.38. The Labute approximate surface area is 169 Å². The molecule has 2 aliphatic rings. The summed E-state index contributed by atoms with van der Waals surface area (Å²) in [7, 11) is 0. The van der Waals surface area contributed by atoms with Crippen molar-refractivity contribution in [2.75, 3.05) is 0 Å². The maximum absolute atomic E-state index is 12.7. The molecule has 4 rings (SSSR count). The Balaban J connectivity index is 1.83. The molecule has 0 heterocycles. The maximum atomic E-state index is 12.7. The molecule has 0 amide bonds. The molecule has 0 aliphatic heterocycles. The normalized spacial score (nSPS) is 22.5. The van der Waals surface area contributed by atoms with Crippen molar-refractivity contribution in [1.29, 1.82) is 0 Å². The standard InChI is InChI=1S/C22H16Br2O2/c23-15-5-1-13(2-6-15)17-9-10-18(14-3-7-16(24)8-4-14)22-20(26)12-11-19(25)21(17)22/h1-8,11-12,17-18H,9-10H2/t17-,18+. The van der Waals surface area contributed by atoms with E-state index >= 15 is 0 Å². The summed E-state index contributed by atoms with van der Waals surface area (Å²) in [6.45, 7) is 0. The number of benzene rings is 2. The Morgan fingerprint density at radius 2 is 0.962 bits per heavy atom. The Hall–Kier alpha value is -1.78. The molecule has 0 radical (unpaired) electrons. The molecule has 4 heteroatoms. The van der Waals surface area contributed by atoms with E-state index in [0.29, 0.717) is 11.1 Å². The highest BCUT2D eigenvalue weighted by Crippen LogP contribution is 2.46. The minimum Gasteiger partial charge on any atom is -0.290 e. The molecule has 2 aromatic rings. The van der Waals surface area contributed by atoms with Crippen LogP contribution in [0, 0.1) is 0 Å². The Bertz CT molecular complexity index is 860. The van der Waals surface area contributed by atoms with Crippen LogP contribution in [0.5, 0.6) is 0 Å². The predicted molar refractivity (Wildman–Crippen MR) is 109 cm³/mol. The minimum absolute atomic E-state index is 0.0220. The SMILES string of the molecule is O=C1C=CC(=O)C2=C1[C@H](c1ccc(Br)cc1)CC[C@@H]2c1ccc(Br)cc1. The molecule has 0 spiro atoms. The maximum Gasteiger partial charge on any atom is 0.183 e. The summed E-state index contributed by atoms with van der Waals surface area (Å²) < 4.78 is 2.01. The average Bonchev–Trinajstić information content (AvgIpc) is 2.65. The summed E-state index contributed by atoms with van der Waals surface area (Å²) in [4.78, 5) is 25.5. The minimum atomic E-state index is -0.0330. The highest BCUT2D eigenvalue weighted by molar-refractivity contribution is 9.10. The van der Waals surface area contributed by atoms with Gasteiger partial charge in [-0.3, -0.25) is 9.59 Å². The highest BCUT2D eigenvalue weighted by atomic mass is 79.9. The molecule has 0 saturated carbocycles. The smallest absolute Gasteiger partial charge is 0.183 e. The van der Waals surface area contributed by atoms with Crippen molar-refractivity contribution in [2.45, 2.75) is 24.7 Å². The number of hydrogen-bond donors (Lipinski definition) is 0. The summed E-state index contributed by atoms with van der Waals surface area (Å²) in [6, 6.07) is 16.1. The molecule has 0 N–H and O–H groups in total. The molecule has 2 atom stereocenters. The van der Waals surface area contributed by atoms with Crippen molar-refractivity contribution in [3.05, 3.63) is 91.9 Å². The summed E-state index contributed by atoms with van der Waals surface area (Å²) in [6.07, 6.45) is 4.57. The summed E-state index contributed by atoms with van der Waals surface area (Å²) in [5, 5.41) is 0. The second kappa shape index (κ2) is 7.09. The molecule has 0 saturated heterocycles. The van der Waals surface area contributed by atoms with Crippen LogP contribution in [0.2, 0.25) is 0 Å². The van der Waals surface area contributed by atoms with E-state index in [2.05, 4.69) is 31.9 Å². The van der Waals surface area contributed by atoms with Crippen molar-refractivity contribution >= 4 is 43.4 Å². The first-order chi connectivity index (χ1) is 12.5. The molecule has 0 fully saturated rings. The number of allylic oxidation sites excluding steroid dienone is 4. The number of carbonyl (C=O) groups is 2. The molecule has 26 heavy (non-hydrogen) atoms. The van der Waals surface area contributed by atoms with Gasteiger partial charge in [0.2, 0.25) is 0 Å². The van der Waals surface area contributed by atoms with E-state index < -0.39 is 0 Å². The van der Waals surface area contributed by atoms with E-state index in [1.54, 1.807) is 0 Å². The third kappa shape index (κ3) is 3.17. The first-order valence-electron chi connectivity index (χ1n) is 8.56. The van der Waals surface area contributed by atoms with Gasteiger partial charge in [-0.1, -0.05) is 56.1 Å². The van der Waals surface area contributed by atoms with Gasteiger partial charge >= 0.3 is 0 Å². The molecular formula is C22H16Br2O2. The number of ketones is 2. The molecule has 2 nitrogen and oxygen atoms in total. The van der Waals surface area contributed by atoms with Crippen molar-refractivity contribution in [3.8, 4) is 0 Å². The molecule has 2 aliphatic carbocycles. The molecular weight excluding hydrogens is 456 g/mol. The molecule has 130 valence electrons. The number of halogens is 2. The van der Waals surface area contributed by atoms with E-state index in [-0.39, 0.29) is 23.4 Å². The largest absolute Gasteiger partial charge is 0.290 e.